The first-order valence-electron chi connectivity index (χ1n) is 31.2. The van der Waals surface area contributed by atoms with Crippen LogP contribution in [0.15, 0.2) is 54.6 Å². The molecular formula is C66H98ClN5O17. The number of hydrogen-bond donors (Lipinski definition) is 5. The number of benzene rings is 2. The maximum absolute atomic E-state index is 14.2. The number of halogens is 1. The summed E-state index contributed by atoms with van der Waals surface area (Å²) in [5.41, 5.74) is 1.09. The number of aryl methyl sites for hydroxylation is 1. The molecule has 2 aliphatic rings. The van der Waals surface area contributed by atoms with Gasteiger partial charge < -0.3 is 64.5 Å². The van der Waals surface area contributed by atoms with Crippen LogP contribution in [0.5, 0.6) is 5.75 Å². The highest BCUT2D eigenvalue weighted by atomic mass is 35.5. The van der Waals surface area contributed by atoms with E-state index in [1.807, 2.05) is 58.9 Å². The van der Waals surface area contributed by atoms with Crippen molar-refractivity contribution in [2.75, 3.05) is 80.6 Å². The van der Waals surface area contributed by atoms with Crippen molar-refractivity contribution in [3.05, 3.63) is 76.3 Å². The van der Waals surface area contributed by atoms with Gasteiger partial charge in [0, 0.05) is 84.0 Å². The topological polar surface area (TPSA) is 291 Å². The number of carbonyl (C=O) groups is 9. The Morgan fingerprint density at radius 1 is 0.764 bits per heavy atom. The van der Waals surface area contributed by atoms with Crippen LogP contribution in [-0.2, 0) is 89.2 Å². The number of nitrogens with one attached hydrogen (secondary N) is 5. The van der Waals surface area contributed by atoms with E-state index in [2.05, 4.69) is 26.6 Å². The Morgan fingerprint density at radius 3 is 2.07 bits per heavy atom. The molecule has 1 saturated heterocycles. The van der Waals surface area contributed by atoms with Gasteiger partial charge in [-0.3, -0.25) is 38.4 Å². The molecule has 496 valence electrons. The van der Waals surface area contributed by atoms with Gasteiger partial charge in [0.15, 0.2) is 11.9 Å². The fraction of sp³-hybridized carbons (Fsp3) is 0.652. The third-order valence-electron chi connectivity index (χ3n) is 15.5. The van der Waals surface area contributed by atoms with Gasteiger partial charge in [0.1, 0.15) is 29.8 Å². The highest BCUT2D eigenvalue weighted by Crippen LogP contribution is 2.45. The lowest BCUT2D eigenvalue weighted by atomic mass is 9.85. The molecule has 5 amide bonds. The first kappa shape index (κ1) is 75.2. The third-order valence-corrected chi connectivity index (χ3v) is 15.8. The Hall–Kier alpha value is -6.30. The molecule has 0 radical (unpaired) electrons. The molecule has 89 heavy (non-hydrogen) atoms. The summed E-state index contributed by atoms with van der Waals surface area (Å²) in [6, 6.07) is 10.8. The highest BCUT2D eigenvalue weighted by molar-refractivity contribution is 6.32. The number of amides is 5. The number of rotatable bonds is 38. The van der Waals surface area contributed by atoms with E-state index >= 15 is 0 Å². The van der Waals surface area contributed by atoms with Crippen LogP contribution in [0.25, 0.3) is 0 Å². The number of ether oxygens (including phenoxy) is 8. The van der Waals surface area contributed by atoms with Crippen LogP contribution < -0.4 is 31.3 Å². The summed E-state index contributed by atoms with van der Waals surface area (Å²) in [6.45, 7) is 15.6. The Labute approximate surface area is 530 Å². The number of hydrogen-bond acceptors (Lipinski definition) is 17. The van der Waals surface area contributed by atoms with E-state index in [1.165, 1.54) is 20.2 Å². The lowest BCUT2D eigenvalue weighted by Crippen LogP contribution is -2.51. The van der Waals surface area contributed by atoms with E-state index in [0.717, 1.165) is 11.1 Å². The van der Waals surface area contributed by atoms with Crippen molar-refractivity contribution in [3.63, 3.8) is 0 Å². The van der Waals surface area contributed by atoms with Crippen LogP contribution in [0, 0.1) is 29.1 Å². The van der Waals surface area contributed by atoms with Gasteiger partial charge in [-0.25, -0.2) is 4.79 Å². The van der Waals surface area contributed by atoms with E-state index in [4.69, 9.17) is 49.5 Å². The second-order valence-corrected chi connectivity index (χ2v) is 24.6. The fourth-order valence-electron chi connectivity index (χ4n) is 9.99. The molecule has 0 aliphatic carbocycles. The lowest BCUT2D eigenvalue weighted by Gasteiger charge is -2.29. The normalized spacial score (nSPS) is 20.3. The monoisotopic (exact) mass is 1270 g/mol. The number of epoxide rings is 1. The van der Waals surface area contributed by atoms with Crippen molar-refractivity contribution >= 4 is 64.6 Å². The minimum atomic E-state index is -1.29. The highest BCUT2D eigenvalue weighted by Gasteiger charge is 2.48. The van der Waals surface area contributed by atoms with E-state index in [0.29, 0.717) is 94.6 Å². The molecule has 0 bridgehead atoms. The van der Waals surface area contributed by atoms with E-state index < -0.39 is 71.4 Å². The molecule has 2 aromatic carbocycles. The zero-order valence-corrected chi connectivity index (χ0v) is 54.6. The van der Waals surface area contributed by atoms with Crippen molar-refractivity contribution in [2.45, 2.75) is 168 Å². The molecule has 0 saturated carbocycles. The summed E-state index contributed by atoms with van der Waals surface area (Å²) in [7, 11) is 4.62. The lowest BCUT2D eigenvalue weighted by molar-refractivity contribution is -0.179. The Morgan fingerprint density at radius 2 is 1.43 bits per heavy atom. The molecule has 22 nitrogen and oxygen atoms in total. The minimum Gasteiger partial charge on any atom is -0.495 e. The van der Waals surface area contributed by atoms with Crippen LogP contribution in [0.2, 0.25) is 5.02 Å². The third kappa shape index (κ3) is 27.8. The standard InChI is InChI=1S/C66H98ClN5O17/c1-42(2)37-55-64(80)87-53(16-13-18-58(77)71-50(39-46-23-27-54(83-10)49(67)38-46)63(79)70-41-66(6,7)65(81)88-55)44(5)61-62(89-61)47-24-20-45(21-25-47)22-26-51(73)48(40-52(74)60(43(3)4)72-59(78)19-14-17-56(75)68-8)15-11-12-29-69-57(76)28-30-84-33-34-86-36-35-85-32-31-82-9/h13,18,20-21,23-25,27,38,42-44,48,50,53,55,60-62H,11-12,14-17,19,22,26,28-37,39-41H2,1-10H3,(H,68,75)(H,69,76)(H,70,79)(H,71,77)(H,72,78)/b18-13+/t44-,48+,50+,53-,55-,60-,61+,62+/m0/s1. The summed E-state index contributed by atoms with van der Waals surface area (Å²) in [6.07, 6.45) is 3.00. The van der Waals surface area contributed by atoms with Gasteiger partial charge in [0.25, 0.3) is 0 Å². The van der Waals surface area contributed by atoms with Gasteiger partial charge in [-0.1, -0.05) is 89.0 Å². The van der Waals surface area contributed by atoms with Gasteiger partial charge in [0.05, 0.1) is 75.9 Å². The smallest absolute Gasteiger partial charge is 0.347 e. The van der Waals surface area contributed by atoms with Gasteiger partial charge in [-0.2, -0.15) is 0 Å². The molecule has 8 atom stereocenters. The number of esters is 2. The Bertz CT molecular complexity index is 2630. The molecule has 0 spiro atoms. The molecule has 5 N–H and O–H groups in total. The largest absolute Gasteiger partial charge is 0.495 e. The second-order valence-electron chi connectivity index (χ2n) is 24.2. The summed E-state index contributed by atoms with van der Waals surface area (Å²) < 4.78 is 44.9. The molecule has 2 heterocycles. The quantitative estimate of drug-likeness (QED) is 0.0268. The van der Waals surface area contributed by atoms with Crippen molar-refractivity contribution < 1.29 is 81.0 Å². The van der Waals surface area contributed by atoms with Crippen molar-refractivity contribution in [3.8, 4) is 5.75 Å². The Kier molecular flexibility index (Phi) is 33.6. The predicted octanol–water partition coefficient (Wildman–Crippen LogP) is 6.63. The first-order chi connectivity index (χ1) is 42.5. The zero-order chi connectivity index (χ0) is 65.5. The minimum absolute atomic E-state index is 0.0674. The van der Waals surface area contributed by atoms with E-state index in [-0.39, 0.29) is 112 Å². The molecule has 0 unspecified atom stereocenters. The van der Waals surface area contributed by atoms with Crippen LogP contribution in [-0.4, -0.2) is 164 Å². The second kappa shape index (κ2) is 39.7. The fourth-order valence-corrected chi connectivity index (χ4v) is 10.3. The number of carbonyl (C=O) groups excluding carboxylic acids is 9. The average molecular weight is 1270 g/mol. The first-order valence-corrected chi connectivity index (χ1v) is 31.6. The molecule has 4 rings (SSSR count). The Balaban J connectivity index is 1.42. The van der Waals surface area contributed by atoms with Crippen molar-refractivity contribution in [1.29, 1.82) is 0 Å². The average Bonchev–Trinajstić information content (AvgIpc) is 2.16. The SMILES string of the molecule is CNC(=O)CCCC(=O)N[C@H](C(=O)C[C@@H](CCCCNC(=O)CCOCCOCCOCCOC)C(=O)CCc1ccc([C@H]2O[C@@H]2[C@@H](C)[C@@H]2C/C=C/C(=O)N[C@H](Cc3ccc(OC)c(Cl)c3)C(=O)NCC(C)(C)C(=O)O[C@@H](CC(C)C)C(=O)O2)cc1)C(C)C. The van der Waals surface area contributed by atoms with Gasteiger partial charge in [0.2, 0.25) is 29.5 Å². The van der Waals surface area contributed by atoms with Crippen LogP contribution in [0.4, 0.5) is 0 Å². The molecule has 1 fully saturated rings. The zero-order valence-electron chi connectivity index (χ0n) is 53.8. The summed E-state index contributed by atoms with van der Waals surface area (Å²) in [5.74, 6) is -4.59. The van der Waals surface area contributed by atoms with E-state index in [9.17, 15) is 43.2 Å². The van der Waals surface area contributed by atoms with Crippen LogP contribution >= 0.6 is 11.6 Å². The molecule has 0 aromatic heterocycles. The van der Waals surface area contributed by atoms with Gasteiger partial charge in [-0.15, -0.1) is 0 Å². The summed E-state index contributed by atoms with van der Waals surface area (Å²) in [4.78, 5) is 121. The van der Waals surface area contributed by atoms with Gasteiger partial charge in [-0.05, 0) is 92.7 Å². The number of Topliss-reactive ketones (excluding diaryl/α,β-unsaturated/α-hetero) is 2. The van der Waals surface area contributed by atoms with Crippen molar-refractivity contribution in [2.24, 2.45) is 29.1 Å². The number of unbranched alkanes of at least 4 members (excludes halogenated alkanes) is 1. The number of methoxy groups -OCH3 is 2. The molecule has 2 aromatic rings. The van der Waals surface area contributed by atoms with Crippen LogP contribution in [0.3, 0.4) is 0 Å². The summed E-state index contributed by atoms with van der Waals surface area (Å²) >= 11 is 6.40. The van der Waals surface area contributed by atoms with Crippen LogP contribution in [0.1, 0.15) is 142 Å². The predicted molar refractivity (Wildman–Crippen MR) is 334 cm³/mol. The summed E-state index contributed by atoms with van der Waals surface area (Å²) in [5, 5.41) is 14.2. The maximum atomic E-state index is 14.2. The molecule has 2 aliphatic heterocycles. The van der Waals surface area contributed by atoms with E-state index in [1.54, 1.807) is 45.2 Å². The molecule has 23 heteroatoms. The van der Waals surface area contributed by atoms with Crippen molar-refractivity contribution in [1.82, 2.24) is 26.6 Å². The molecular weight excluding hydrogens is 1170 g/mol. The van der Waals surface area contributed by atoms with Gasteiger partial charge >= 0.3 is 11.9 Å². The maximum Gasteiger partial charge on any atom is 0.347 e. The number of cyclic esters (lactones) is 2. The number of ketones is 2.